The van der Waals surface area contributed by atoms with Crippen LogP contribution in [0.5, 0.6) is 5.75 Å². The molecular weight excluding hydrogens is 312 g/mol. The lowest BCUT2D eigenvalue weighted by molar-refractivity contribution is 0.272. The summed E-state index contributed by atoms with van der Waals surface area (Å²) in [4.78, 5) is 9.37. The fourth-order valence-corrected chi connectivity index (χ4v) is 3.83. The van der Waals surface area contributed by atoms with E-state index in [0.29, 0.717) is 5.92 Å². The zero-order valence-electron chi connectivity index (χ0n) is 15.9. The number of piperidine rings is 1. The van der Waals surface area contributed by atoms with Gasteiger partial charge in [-0.05, 0) is 43.2 Å². The first-order chi connectivity index (χ1) is 12.2. The number of ether oxygens (including phenoxy) is 1. The SMILES string of the molecule is CN=C(NCC1CCN(c2cccc(OC)c2)C1)N1CCC(C)CC1. The molecule has 2 fully saturated rings. The van der Waals surface area contributed by atoms with Crippen LogP contribution in [0.1, 0.15) is 26.2 Å². The largest absolute Gasteiger partial charge is 0.497 e. The van der Waals surface area contributed by atoms with Crippen molar-refractivity contribution in [3.8, 4) is 5.75 Å². The van der Waals surface area contributed by atoms with Crippen molar-refractivity contribution in [1.29, 1.82) is 0 Å². The Kier molecular flexibility index (Phi) is 6.05. The van der Waals surface area contributed by atoms with Crippen LogP contribution in [0, 0.1) is 11.8 Å². The Labute approximate surface area is 152 Å². The molecule has 2 saturated heterocycles. The molecule has 0 saturated carbocycles. The number of likely N-dealkylation sites (tertiary alicyclic amines) is 1. The minimum atomic E-state index is 0.659. The second-order valence-corrected chi connectivity index (χ2v) is 7.40. The molecule has 5 heteroatoms. The van der Waals surface area contributed by atoms with E-state index < -0.39 is 0 Å². The molecule has 138 valence electrons. The fraction of sp³-hybridized carbons (Fsp3) is 0.650. The summed E-state index contributed by atoms with van der Waals surface area (Å²) in [7, 11) is 3.63. The number of aliphatic imine (C=N–C) groups is 1. The predicted octanol–water partition coefficient (Wildman–Crippen LogP) is 2.83. The molecule has 1 N–H and O–H groups in total. The Hall–Kier alpha value is -1.91. The van der Waals surface area contributed by atoms with Gasteiger partial charge >= 0.3 is 0 Å². The molecule has 0 aromatic heterocycles. The van der Waals surface area contributed by atoms with Gasteiger partial charge in [-0.2, -0.15) is 0 Å². The Bertz CT molecular complexity index is 581. The lowest BCUT2D eigenvalue weighted by Crippen LogP contribution is -2.46. The van der Waals surface area contributed by atoms with Gasteiger partial charge < -0.3 is 19.9 Å². The van der Waals surface area contributed by atoms with Crippen LogP contribution >= 0.6 is 0 Å². The maximum absolute atomic E-state index is 5.35. The average molecular weight is 345 g/mol. The molecule has 0 radical (unpaired) electrons. The monoisotopic (exact) mass is 344 g/mol. The number of nitrogens with zero attached hydrogens (tertiary/aromatic N) is 3. The van der Waals surface area contributed by atoms with Gasteiger partial charge in [-0.25, -0.2) is 0 Å². The van der Waals surface area contributed by atoms with Crippen LogP contribution < -0.4 is 15.0 Å². The zero-order chi connectivity index (χ0) is 17.6. The number of hydrogen-bond donors (Lipinski definition) is 1. The third-order valence-corrected chi connectivity index (χ3v) is 5.55. The normalized spacial score (nSPS) is 22.4. The molecule has 25 heavy (non-hydrogen) atoms. The van der Waals surface area contributed by atoms with E-state index in [9.17, 15) is 0 Å². The minimum Gasteiger partial charge on any atom is -0.497 e. The topological polar surface area (TPSA) is 40.1 Å². The number of anilines is 1. The van der Waals surface area contributed by atoms with Crippen LogP contribution in [0.25, 0.3) is 0 Å². The number of benzene rings is 1. The van der Waals surface area contributed by atoms with E-state index in [4.69, 9.17) is 4.74 Å². The van der Waals surface area contributed by atoms with E-state index in [1.807, 2.05) is 13.1 Å². The molecule has 0 spiro atoms. The van der Waals surface area contributed by atoms with Crippen LogP contribution in [0.2, 0.25) is 0 Å². The third kappa shape index (κ3) is 4.59. The van der Waals surface area contributed by atoms with E-state index in [1.54, 1.807) is 7.11 Å². The van der Waals surface area contributed by atoms with Gasteiger partial charge in [0, 0.05) is 51.5 Å². The Morgan fingerprint density at radius 2 is 2.04 bits per heavy atom. The molecule has 1 atom stereocenters. The highest BCUT2D eigenvalue weighted by atomic mass is 16.5. The number of rotatable bonds is 4. The van der Waals surface area contributed by atoms with Crippen molar-refractivity contribution >= 4 is 11.6 Å². The second kappa shape index (κ2) is 8.45. The predicted molar refractivity (Wildman–Crippen MR) is 105 cm³/mol. The summed E-state index contributed by atoms with van der Waals surface area (Å²) in [5.41, 5.74) is 1.26. The molecule has 2 aliphatic rings. The second-order valence-electron chi connectivity index (χ2n) is 7.40. The summed E-state index contributed by atoms with van der Waals surface area (Å²) in [6.45, 7) is 7.80. The van der Waals surface area contributed by atoms with Gasteiger partial charge in [-0.3, -0.25) is 4.99 Å². The van der Waals surface area contributed by atoms with E-state index in [2.05, 4.69) is 45.2 Å². The smallest absolute Gasteiger partial charge is 0.193 e. The molecular formula is C20H32N4O. The van der Waals surface area contributed by atoms with Crippen LogP contribution in [-0.4, -0.2) is 57.7 Å². The molecule has 3 rings (SSSR count). The maximum atomic E-state index is 5.35. The van der Waals surface area contributed by atoms with E-state index >= 15 is 0 Å². The lowest BCUT2D eigenvalue weighted by Gasteiger charge is -2.33. The summed E-state index contributed by atoms with van der Waals surface area (Å²) >= 11 is 0. The maximum Gasteiger partial charge on any atom is 0.193 e. The van der Waals surface area contributed by atoms with E-state index in [0.717, 1.165) is 50.4 Å². The van der Waals surface area contributed by atoms with Crippen molar-refractivity contribution in [2.24, 2.45) is 16.8 Å². The highest BCUT2D eigenvalue weighted by Gasteiger charge is 2.24. The molecule has 0 aliphatic carbocycles. The van der Waals surface area contributed by atoms with Gasteiger partial charge in [-0.1, -0.05) is 13.0 Å². The molecule has 1 unspecified atom stereocenters. The van der Waals surface area contributed by atoms with Crippen molar-refractivity contribution in [3.05, 3.63) is 24.3 Å². The minimum absolute atomic E-state index is 0.659. The molecule has 2 heterocycles. The Morgan fingerprint density at radius 3 is 2.76 bits per heavy atom. The summed E-state index contributed by atoms with van der Waals surface area (Å²) in [6.07, 6.45) is 3.76. The zero-order valence-corrected chi connectivity index (χ0v) is 15.9. The molecule has 2 aliphatic heterocycles. The summed E-state index contributed by atoms with van der Waals surface area (Å²) in [5.74, 6) is 3.51. The van der Waals surface area contributed by atoms with Crippen LogP contribution in [-0.2, 0) is 0 Å². The summed E-state index contributed by atoms with van der Waals surface area (Å²) in [6, 6.07) is 8.37. The number of methoxy groups -OCH3 is 1. The third-order valence-electron chi connectivity index (χ3n) is 5.55. The van der Waals surface area contributed by atoms with Crippen molar-refractivity contribution in [3.63, 3.8) is 0 Å². The fourth-order valence-electron chi connectivity index (χ4n) is 3.83. The molecule has 0 amide bonds. The van der Waals surface area contributed by atoms with Gasteiger partial charge in [0.1, 0.15) is 5.75 Å². The van der Waals surface area contributed by atoms with Gasteiger partial charge in [0.25, 0.3) is 0 Å². The first-order valence-corrected chi connectivity index (χ1v) is 9.54. The average Bonchev–Trinajstić information content (AvgIpc) is 3.13. The van der Waals surface area contributed by atoms with Crippen LogP contribution in [0.3, 0.4) is 0 Å². The van der Waals surface area contributed by atoms with Crippen molar-refractivity contribution < 1.29 is 4.74 Å². The molecule has 1 aromatic rings. The van der Waals surface area contributed by atoms with Crippen molar-refractivity contribution in [2.45, 2.75) is 26.2 Å². The Balaban J connectivity index is 1.49. The Morgan fingerprint density at radius 1 is 1.24 bits per heavy atom. The van der Waals surface area contributed by atoms with Gasteiger partial charge in [-0.15, -0.1) is 0 Å². The summed E-state index contributed by atoms with van der Waals surface area (Å²) in [5, 5.41) is 3.62. The van der Waals surface area contributed by atoms with Crippen molar-refractivity contribution in [1.82, 2.24) is 10.2 Å². The summed E-state index contributed by atoms with van der Waals surface area (Å²) < 4.78 is 5.35. The van der Waals surface area contributed by atoms with Gasteiger partial charge in [0.05, 0.1) is 7.11 Å². The number of guanidine groups is 1. The van der Waals surface area contributed by atoms with E-state index in [1.165, 1.54) is 24.9 Å². The standard InChI is InChI=1S/C20H32N4O/c1-16-7-10-23(11-8-16)20(21-2)22-14-17-9-12-24(15-17)18-5-4-6-19(13-18)25-3/h4-6,13,16-17H,7-12,14-15H2,1-3H3,(H,21,22). The highest BCUT2D eigenvalue weighted by molar-refractivity contribution is 5.80. The molecule has 0 bridgehead atoms. The van der Waals surface area contributed by atoms with Gasteiger partial charge in [0.2, 0.25) is 0 Å². The first-order valence-electron chi connectivity index (χ1n) is 9.54. The van der Waals surface area contributed by atoms with E-state index in [-0.39, 0.29) is 0 Å². The first kappa shape index (κ1) is 17.9. The lowest BCUT2D eigenvalue weighted by atomic mass is 9.99. The van der Waals surface area contributed by atoms with Gasteiger partial charge in [0.15, 0.2) is 5.96 Å². The number of hydrogen-bond acceptors (Lipinski definition) is 3. The highest BCUT2D eigenvalue weighted by Crippen LogP contribution is 2.26. The molecule has 5 nitrogen and oxygen atoms in total. The molecule has 1 aromatic carbocycles. The quantitative estimate of drug-likeness (QED) is 0.673. The van der Waals surface area contributed by atoms with Crippen LogP contribution in [0.4, 0.5) is 5.69 Å². The van der Waals surface area contributed by atoms with Crippen molar-refractivity contribution in [2.75, 3.05) is 51.8 Å². The number of nitrogens with one attached hydrogen (secondary N) is 1. The van der Waals surface area contributed by atoms with Crippen LogP contribution in [0.15, 0.2) is 29.3 Å².